The molecule has 0 aliphatic carbocycles. The average molecular weight is 285 g/mol. The van der Waals surface area contributed by atoms with E-state index in [1.165, 1.54) is 24.3 Å². The maximum atomic E-state index is 12.2. The standard InChI is InChI=1S/C13H11N5O3/c1-8(11(19)16-17-6-14-15-7-17)18-12(20)9-4-2-3-5-10(9)13(18)21/h2-8H,1H3,(H,16,19)/t8-/m1/s1. The van der Waals surface area contributed by atoms with Crippen molar-refractivity contribution in [2.45, 2.75) is 13.0 Å². The molecule has 0 radical (unpaired) electrons. The van der Waals surface area contributed by atoms with Gasteiger partial charge in [-0.2, -0.15) is 0 Å². The van der Waals surface area contributed by atoms with Crippen LogP contribution in [-0.4, -0.2) is 43.5 Å². The Balaban J connectivity index is 1.83. The van der Waals surface area contributed by atoms with Crippen molar-refractivity contribution in [1.82, 2.24) is 19.8 Å². The summed E-state index contributed by atoms with van der Waals surface area (Å²) in [7, 11) is 0. The number of fused-ring (bicyclic) bond motifs is 1. The third-order valence-electron chi connectivity index (χ3n) is 3.25. The summed E-state index contributed by atoms with van der Waals surface area (Å²) in [5.74, 6) is -1.45. The van der Waals surface area contributed by atoms with E-state index in [2.05, 4.69) is 15.6 Å². The molecule has 0 bridgehead atoms. The van der Waals surface area contributed by atoms with Crippen molar-refractivity contribution in [3.8, 4) is 0 Å². The van der Waals surface area contributed by atoms with Gasteiger partial charge >= 0.3 is 0 Å². The van der Waals surface area contributed by atoms with Crippen LogP contribution in [0, 0.1) is 0 Å². The molecule has 8 nitrogen and oxygen atoms in total. The molecule has 0 saturated carbocycles. The van der Waals surface area contributed by atoms with E-state index in [-0.39, 0.29) is 0 Å². The predicted octanol–water partition coefficient (Wildman–Crippen LogP) is 0.0329. The van der Waals surface area contributed by atoms with Gasteiger partial charge in [-0.1, -0.05) is 12.1 Å². The maximum absolute atomic E-state index is 12.2. The molecule has 1 aromatic carbocycles. The smallest absolute Gasteiger partial charge is 0.262 e. The molecule has 21 heavy (non-hydrogen) atoms. The highest BCUT2D eigenvalue weighted by molar-refractivity contribution is 6.23. The second-order valence-electron chi connectivity index (χ2n) is 4.55. The minimum atomic E-state index is -0.945. The number of carbonyl (C=O) groups excluding carboxylic acids is 3. The summed E-state index contributed by atoms with van der Waals surface area (Å²) in [5.41, 5.74) is 3.10. The fourth-order valence-electron chi connectivity index (χ4n) is 2.16. The van der Waals surface area contributed by atoms with Crippen LogP contribution in [0.1, 0.15) is 27.6 Å². The average Bonchev–Trinajstić information content (AvgIpc) is 3.07. The molecular weight excluding hydrogens is 274 g/mol. The Kier molecular flexibility index (Phi) is 2.98. The Labute approximate surface area is 119 Å². The fourth-order valence-corrected chi connectivity index (χ4v) is 2.16. The molecule has 0 spiro atoms. The summed E-state index contributed by atoms with van der Waals surface area (Å²) >= 11 is 0. The molecule has 0 saturated heterocycles. The lowest BCUT2D eigenvalue weighted by molar-refractivity contribution is -0.120. The Morgan fingerprint density at radius 3 is 2.14 bits per heavy atom. The molecule has 1 aliphatic heterocycles. The Hall–Kier alpha value is -3.03. The number of nitrogens with one attached hydrogen (secondary N) is 1. The lowest BCUT2D eigenvalue weighted by atomic mass is 10.1. The zero-order valence-corrected chi connectivity index (χ0v) is 11.1. The summed E-state index contributed by atoms with van der Waals surface area (Å²) < 4.78 is 1.25. The van der Waals surface area contributed by atoms with Crippen molar-refractivity contribution in [3.63, 3.8) is 0 Å². The minimum Gasteiger partial charge on any atom is -0.271 e. The van der Waals surface area contributed by atoms with Crippen LogP contribution in [0.4, 0.5) is 0 Å². The van der Waals surface area contributed by atoms with Gasteiger partial charge in [0.1, 0.15) is 18.7 Å². The number of aromatic nitrogens is 3. The van der Waals surface area contributed by atoms with E-state index >= 15 is 0 Å². The molecule has 106 valence electrons. The molecule has 1 aromatic heterocycles. The zero-order valence-electron chi connectivity index (χ0n) is 11.1. The van der Waals surface area contributed by atoms with Gasteiger partial charge < -0.3 is 0 Å². The third kappa shape index (κ3) is 2.06. The highest BCUT2D eigenvalue weighted by atomic mass is 16.2. The summed E-state index contributed by atoms with van der Waals surface area (Å²) in [6.45, 7) is 1.49. The van der Waals surface area contributed by atoms with Crippen LogP contribution in [0.3, 0.4) is 0 Å². The fraction of sp³-hybridized carbons (Fsp3) is 0.154. The van der Waals surface area contributed by atoms with Gasteiger partial charge in [0.15, 0.2) is 0 Å². The number of hydrogen-bond donors (Lipinski definition) is 1. The number of nitrogens with zero attached hydrogens (tertiary/aromatic N) is 4. The monoisotopic (exact) mass is 285 g/mol. The minimum absolute atomic E-state index is 0.312. The van der Waals surface area contributed by atoms with Crippen molar-refractivity contribution in [2.24, 2.45) is 0 Å². The van der Waals surface area contributed by atoms with Crippen molar-refractivity contribution < 1.29 is 14.4 Å². The second kappa shape index (κ2) is 4.82. The van der Waals surface area contributed by atoms with E-state index in [4.69, 9.17) is 0 Å². The predicted molar refractivity (Wildman–Crippen MR) is 70.8 cm³/mol. The Morgan fingerprint density at radius 2 is 1.62 bits per heavy atom. The van der Waals surface area contributed by atoms with Gasteiger partial charge in [0, 0.05) is 0 Å². The van der Waals surface area contributed by atoms with Crippen molar-refractivity contribution >= 4 is 17.7 Å². The van der Waals surface area contributed by atoms with Gasteiger partial charge in [-0.15, -0.1) is 10.2 Å². The van der Waals surface area contributed by atoms with E-state index in [9.17, 15) is 14.4 Å². The molecule has 1 aliphatic rings. The third-order valence-corrected chi connectivity index (χ3v) is 3.25. The SMILES string of the molecule is C[C@H](C(=O)Nn1cnnc1)N1C(=O)c2ccccc2C1=O. The topological polar surface area (TPSA) is 97.2 Å². The molecule has 2 aromatic rings. The number of imide groups is 1. The first kappa shape index (κ1) is 13.0. The van der Waals surface area contributed by atoms with Crippen molar-refractivity contribution in [2.75, 3.05) is 5.43 Å². The van der Waals surface area contributed by atoms with E-state index in [0.29, 0.717) is 11.1 Å². The zero-order chi connectivity index (χ0) is 15.0. The summed E-state index contributed by atoms with van der Waals surface area (Å²) in [5, 5.41) is 7.09. The summed E-state index contributed by atoms with van der Waals surface area (Å²) in [4.78, 5) is 37.6. The first-order valence-electron chi connectivity index (χ1n) is 6.22. The van der Waals surface area contributed by atoms with Gasteiger partial charge in [0.25, 0.3) is 17.7 Å². The van der Waals surface area contributed by atoms with Gasteiger partial charge in [-0.05, 0) is 19.1 Å². The van der Waals surface area contributed by atoms with Crippen LogP contribution in [0.15, 0.2) is 36.9 Å². The summed E-state index contributed by atoms with van der Waals surface area (Å²) in [6.07, 6.45) is 2.60. The number of rotatable bonds is 3. The summed E-state index contributed by atoms with van der Waals surface area (Å²) in [6, 6.07) is 5.55. The van der Waals surface area contributed by atoms with Gasteiger partial charge in [0.05, 0.1) is 11.1 Å². The molecule has 3 rings (SSSR count). The molecule has 0 unspecified atom stereocenters. The molecule has 0 fully saturated rings. The van der Waals surface area contributed by atoms with Crippen LogP contribution in [0.2, 0.25) is 0 Å². The van der Waals surface area contributed by atoms with Crippen LogP contribution < -0.4 is 5.43 Å². The highest BCUT2D eigenvalue weighted by Crippen LogP contribution is 2.24. The first-order valence-corrected chi connectivity index (χ1v) is 6.22. The number of hydrogen-bond acceptors (Lipinski definition) is 5. The van der Waals surface area contributed by atoms with E-state index in [1.54, 1.807) is 24.3 Å². The van der Waals surface area contributed by atoms with Gasteiger partial charge in [-0.25, -0.2) is 4.68 Å². The second-order valence-corrected chi connectivity index (χ2v) is 4.55. The van der Waals surface area contributed by atoms with Crippen molar-refractivity contribution in [1.29, 1.82) is 0 Å². The van der Waals surface area contributed by atoms with Crippen LogP contribution >= 0.6 is 0 Å². The number of benzene rings is 1. The maximum Gasteiger partial charge on any atom is 0.262 e. The molecule has 3 amide bonds. The molecule has 1 N–H and O–H groups in total. The largest absolute Gasteiger partial charge is 0.271 e. The quantitative estimate of drug-likeness (QED) is 0.803. The molecular formula is C13H11N5O3. The van der Waals surface area contributed by atoms with E-state index < -0.39 is 23.8 Å². The van der Waals surface area contributed by atoms with Crippen molar-refractivity contribution in [3.05, 3.63) is 48.0 Å². The van der Waals surface area contributed by atoms with E-state index in [0.717, 1.165) is 4.90 Å². The lowest BCUT2D eigenvalue weighted by Gasteiger charge is -2.21. The van der Waals surface area contributed by atoms with Crippen LogP contribution in [0.5, 0.6) is 0 Å². The molecule has 1 atom stereocenters. The Morgan fingerprint density at radius 1 is 1.10 bits per heavy atom. The normalized spacial score (nSPS) is 15.0. The highest BCUT2D eigenvalue weighted by Gasteiger charge is 2.40. The van der Waals surface area contributed by atoms with E-state index in [1.807, 2.05) is 0 Å². The molecule has 2 heterocycles. The number of amides is 3. The van der Waals surface area contributed by atoms with Gasteiger partial charge in [0.2, 0.25) is 0 Å². The van der Waals surface area contributed by atoms with Crippen LogP contribution in [0.25, 0.3) is 0 Å². The molecule has 8 heteroatoms. The lowest BCUT2D eigenvalue weighted by Crippen LogP contribution is -2.46. The van der Waals surface area contributed by atoms with Crippen LogP contribution in [-0.2, 0) is 4.79 Å². The Bertz CT molecular complexity index is 690. The van der Waals surface area contributed by atoms with Gasteiger partial charge in [-0.3, -0.25) is 24.7 Å². The number of carbonyl (C=O) groups is 3. The first-order chi connectivity index (χ1) is 10.1.